The number of β-amino-alcohol motifs (C(OH)–C–C–N with tert-alkyl or cyclic N) is 1. The molecule has 1 aromatic carbocycles. The average Bonchev–Trinajstić information content (AvgIpc) is 2.77. The van der Waals surface area contributed by atoms with Crippen molar-refractivity contribution in [2.75, 3.05) is 25.5 Å². The van der Waals surface area contributed by atoms with Gasteiger partial charge in [0.1, 0.15) is 5.82 Å². The lowest BCUT2D eigenvalue weighted by Gasteiger charge is -2.20. The summed E-state index contributed by atoms with van der Waals surface area (Å²) in [6, 6.07) is 10.4. The van der Waals surface area contributed by atoms with Crippen LogP contribution in [0.25, 0.3) is 10.9 Å². The molecule has 2 N–H and O–H groups in total. The number of hydrogen-bond acceptors (Lipinski definition) is 4. The number of pyridine rings is 1. The Morgan fingerprint density at radius 3 is 2.90 bits per heavy atom. The van der Waals surface area contributed by atoms with E-state index in [-0.39, 0.29) is 0 Å². The van der Waals surface area contributed by atoms with Crippen LogP contribution in [0.2, 0.25) is 0 Å². The first kappa shape index (κ1) is 13.3. The van der Waals surface area contributed by atoms with Crippen molar-refractivity contribution in [1.82, 2.24) is 9.88 Å². The largest absolute Gasteiger partial charge is 0.389 e. The van der Waals surface area contributed by atoms with E-state index in [1.54, 1.807) is 0 Å². The molecule has 1 atom stereocenters. The summed E-state index contributed by atoms with van der Waals surface area (Å²) in [6.07, 6.45) is 0.836. The Bertz CT molecular complexity index is 624. The smallest absolute Gasteiger partial charge is 0.130 e. The first-order chi connectivity index (χ1) is 9.57. The van der Waals surface area contributed by atoms with Crippen LogP contribution >= 0.6 is 0 Å². The van der Waals surface area contributed by atoms with E-state index in [2.05, 4.69) is 27.3 Å². The van der Waals surface area contributed by atoms with Gasteiger partial charge in [-0.15, -0.1) is 0 Å². The Morgan fingerprint density at radius 2 is 2.20 bits per heavy atom. The van der Waals surface area contributed by atoms with E-state index in [4.69, 9.17) is 0 Å². The van der Waals surface area contributed by atoms with Crippen LogP contribution in [-0.4, -0.2) is 40.7 Å². The highest BCUT2D eigenvalue weighted by atomic mass is 16.3. The highest BCUT2D eigenvalue weighted by molar-refractivity contribution is 5.81. The zero-order valence-electron chi connectivity index (χ0n) is 12.1. The van der Waals surface area contributed by atoms with E-state index in [0.29, 0.717) is 0 Å². The Balaban J connectivity index is 1.90. The van der Waals surface area contributed by atoms with Crippen molar-refractivity contribution in [3.05, 3.63) is 35.9 Å². The summed E-state index contributed by atoms with van der Waals surface area (Å²) in [5.74, 6) is 0.926. The number of nitrogens with one attached hydrogen (secondary N) is 1. The zero-order valence-corrected chi connectivity index (χ0v) is 12.1. The third-order valence-corrected chi connectivity index (χ3v) is 3.96. The van der Waals surface area contributed by atoms with Crippen molar-refractivity contribution in [3.8, 4) is 0 Å². The van der Waals surface area contributed by atoms with Crippen LogP contribution in [0.1, 0.15) is 18.9 Å². The molecule has 0 amide bonds. The average molecular weight is 271 g/mol. The molecule has 4 nitrogen and oxygen atoms in total. The number of para-hydroxylation sites is 1. The van der Waals surface area contributed by atoms with Gasteiger partial charge in [-0.3, -0.25) is 4.90 Å². The number of likely N-dealkylation sites (tertiary alicyclic amines) is 1. The SMILES string of the molecule is CNc1nc2ccccc2cc1CN1CCC(C)(O)C1. The van der Waals surface area contributed by atoms with Gasteiger partial charge in [0.05, 0.1) is 11.1 Å². The van der Waals surface area contributed by atoms with Gasteiger partial charge in [0.15, 0.2) is 0 Å². The molecular weight excluding hydrogens is 250 g/mol. The third-order valence-electron chi connectivity index (χ3n) is 3.96. The van der Waals surface area contributed by atoms with Gasteiger partial charge in [-0.1, -0.05) is 18.2 Å². The first-order valence-corrected chi connectivity index (χ1v) is 7.08. The van der Waals surface area contributed by atoms with Crippen LogP contribution in [0.3, 0.4) is 0 Å². The number of anilines is 1. The second-order valence-corrected chi connectivity index (χ2v) is 5.90. The first-order valence-electron chi connectivity index (χ1n) is 7.08. The van der Waals surface area contributed by atoms with Crippen LogP contribution in [0.15, 0.2) is 30.3 Å². The number of hydrogen-bond donors (Lipinski definition) is 2. The Labute approximate surface area is 119 Å². The molecular formula is C16H21N3O. The van der Waals surface area contributed by atoms with Gasteiger partial charge in [-0.25, -0.2) is 4.98 Å². The summed E-state index contributed by atoms with van der Waals surface area (Å²) < 4.78 is 0. The van der Waals surface area contributed by atoms with Gasteiger partial charge in [0.25, 0.3) is 0 Å². The van der Waals surface area contributed by atoms with Gasteiger partial charge in [0, 0.05) is 37.6 Å². The van der Waals surface area contributed by atoms with Gasteiger partial charge in [-0.2, -0.15) is 0 Å². The molecule has 1 aliphatic rings. The molecule has 1 unspecified atom stereocenters. The Kier molecular flexibility index (Phi) is 3.36. The second kappa shape index (κ2) is 5.04. The van der Waals surface area contributed by atoms with E-state index in [0.717, 1.165) is 42.8 Å². The van der Waals surface area contributed by atoms with E-state index in [9.17, 15) is 5.11 Å². The van der Waals surface area contributed by atoms with Crippen molar-refractivity contribution in [2.24, 2.45) is 0 Å². The van der Waals surface area contributed by atoms with Crippen LogP contribution in [0.5, 0.6) is 0 Å². The molecule has 0 bridgehead atoms. The fraction of sp³-hybridized carbons (Fsp3) is 0.438. The molecule has 1 fully saturated rings. The summed E-state index contributed by atoms with van der Waals surface area (Å²) in [4.78, 5) is 6.96. The minimum atomic E-state index is -0.552. The van der Waals surface area contributed by atoms with Crippen molar-refractivity contribution < 1.29 is 5.11 Å². The van der Waals surface area contributed by atoms with Gasteiger partial charge in [0.2, 0.25) is 0 Å². The third kappa shape index (κ3) is 2.62. The van der Waals surface area contributed by atoms with Gasteiger partial charge in [-0.05, 0) is 25.5 Å². The Morgan fingerprint density at radius 1 is 1.40 bits per heavy atom. The number of fused-ring (bicyclic) bond motifs is 1. The van der Waals surface area contributed by atoms with E-state index in [1.807, 2.05) is 32.2 Å². The summed E-state index contributed by atoms with van der Waals surface area (Å²) in [5, 5.41) is 14.4. The highest BCUT2D eigenvalue weighted by Crippen LogP contribution is 2.26. The molecule has 1 aromatic heterocycles. The number of aliphatic hydroxyl groups is 1. The molecule has 3 rings (SSSR count). The maximum absolute atomic E-state index is 10.1. The molecule has 0 saturated carbocycles. The number of benzene rings is 1. The summed E-state index contributed by atoms with van der Waals surface area (Å²) in [5.41, 5.74) is 1.64. The summed E-state index contributed by atoms with van der Waals surface area (Å²) in [7, 11) is 1.90. The molecule has 0 radical (unpaired) electrons. The van der Waals surface area contributed by atoms with E-state index in [1.165, 1.54) is 5.56 Å². The van der Waals surface area contributed by atoms with Crippen molar-refractivity contribution in [3.63, 3.8) is 0 Å². The van der Waals surface area contributed by atoms with Crippen molar-refractivity contribution in [1.29, 1.82) is 0 Å². The normalized spacial score (nSPS) is 23.4. The van der Waals surface area contributed by atoms with Crippen LogP contribution in [-0.2, 0) is 6.54 Å². The molecule has 2 heterocycles. The zero-order chi connectivity index (χ0) is 14.2. The molecule has 106 valence electrons. The molecule has 4 heteroatoms. The van der Waals surface area contributed by atoms with Gasteiger partial charge >= 0.3 is 0 Å². The summed E-state index contributed by atoms with van der Waals surface area (Å²) in [6.45, 7) is 4.39. The molecule has 0 spiro atoms. The molecule has 0 aliphatic carbocycles. The standard InChI is InChI=1S/C16H21N3O/c1-16(20)7-8-19(11-16)10-13-9-12-5-3-4-6-14(12)18-15(13)17-2/h3-6,9,20H,7-8,10-11H2,1-2H3,(H,17,18). The van der Waals surface area contributed by atoms with Crippen molar-refractivity contribution in [2.45, 2.75) is 25.5 Å². The van der Waals surface area contributed by atoms with Crippen LogP contribution in [0.4, 0.5) is 5.82 Å². The Hall–Kier alpha value is -1.65. The van der Waals surface area contributed by atoms with E-state index >= 15 is 0 Å². The molecule has 2 aromatic rings. The molecule has 1 aliphatic heterocycles. The maximum Gasteiger partial charge on any atom is 0.130 e. The minimum Gasteiger partial charge on any atom is -0.389 e. The number of nitrogens with zero attached hydrogens (tertiary/aromatic N) is 2. The molecule has 1 saturated heterocycles. The van der Waals surface area contributed by atoms with E-state index < -0.39 is 5.60 Å². The monoisotopic (exact) mass is 271 g/mol. The van der Waals surface area contributed by atoms with Crippen LogP contribution in [0, 0.1) is 0 Å². The lowest BCUT2D eigenvalue weighted by atomic mass is 10.1. The maximum atomic E-state index is 10.1. The second-order valence-electron chi connectivity index (χ2n) is 5.90. The van der Waals surface area contributed by atoms with Crippen molar-refractivity contribution >= 4 is 16.7 Å². The number of rotatable bonds is 3. The fourth-order valence-electron chi connectivity index (χ4n) is 2.91. The highest BCUT2D eigenvalue weighted by Gasteiger charge is 2.31. The lowest BCUT2D eigenvalue weighted by Crippen LogP contribution is -2.29. The quantitative estimate of drug-likeness (QED) is 0.899. The summed E-state index contributed by atoms with van der Waals surface area (Å²) >= 11 is 0. The van der Waals surface area contributed by atoms with Gasteiger partial charge < -0.3 is 10.4 Å². The van der Waals surface area contributed by atoms with Crippen LogP contribution < -0.4 is 5.32 Å². The predicted octanol–water partition coefficient (Wildman–Crippen LogP) is 2.23. The fourth-order valence-corrected chi connectivity index (χ4v) is 2.91. The number of aromatic nitrogens is 1. The topological polar surface area (TPSA) is 48.4 Å². The molecule has 20 heavy (non-hydrogen) atoms. The lowest BCUT2D eigenvalue weighted by molar-refractivity contribution is 0.0679. The minimum absolute atomic E-state index is 0.552. The predicted molar refractivity (Wildman–Crippen MR) is 81.8 cm³/mol.